The van der Waals surface area contributed by atoms with Crippen LogP contribution in [0.2, 0.25) is 25.7 Å². The smallest absolute Gasteiger partial charge is 0.336 e. The minimum absolute atomic E-state index is 0.116. The SMILES string of the molecule is C[Si](C)(C)CCOCn1c(=O)c(-c2cccc(C(=O)O)c2SCc2ccccc2)nc2ccccc21. The molecule has 0 aliphatic heterocycles. The monoisotopic (exact) mass is 518 g/mol. The van der Waals surface area contributed by atoms with Crippen molar-refractivity contribution < 1.29 is 14.6 Å². The second-order valence-electron chi connectivity index (χ2n) is 9.79. The maximum atomic E-state index is 13.8. The van der Waals surface area contributed by atoms with Crippen LogP contribution in [0.25, 0.3) is 22.3 Å². The zero-order valence-electron chi connectivity index (χ0n) is 20.7. The Bertz CT molecular complexity index is 1430. The number of ether oxygens (including phenoxy) is 1. The third kappa shape index (κ3) is 6.13. The molecule has 0 spiro atoms. The van der Waals surface area contributed by atoms with Gasteiger partial charge in [-0.1, -0.05) is 74.2 Å². The highest BCUT2D eigenvalue weighted by atomic mass is 32.2. The highest BCUT2D eigenvalue weighted by Gasteiger charge is 2.21. The Morgan fingerprint density at radius 1 is 1.00 bits per heavy atom. The van der Waals surface area contributed by atoms with Gasteiger partial charge in [-0.25, -0.2) is 9.78 Å². The molecule has 0 bridgehead atoms. The van der Waals surface area contributed by atoms with Crippen molar-refractivity contribution in [3.8, 4) is 11.3 Å². The molecule has 0 saturated heterocycles. The second kappa shape index (κ2) is 11.2. The first kappa shape index (κ1) is 25.9. The third-order valence-corrected chi connectivity index (χ3v) is 8.71. The van der Waals surface area contributed by atoms with Crippen LogP contribution in [-0.2, 0) is 17.2 Å². The van der Waals surface area contributed by atoms with Crippen molar-refractivity contribution in [1.82, 2.24) is 9.55 Å². The number of hydrogen-bond donors (Lipinski definition) is 1. The summed E-state index contributed by atoms with van der Waals surface area (Å²) < 4.78 is 7.54. The fourth-order valence-corrected chi connectivity index (χ4v) is 5.70. The van der Waals surface area contributed by atoms with Crippen molar-refractivity contribution in [3.63, 3.8) is 0 Å². The van der Waals surface area contributed by atoms with Crippen molar-refractivity contribution in [2.45, 2.75) is 43.1 Å². The van der Waals surface area contributed by atoms with E-state index in [1.54, 1.807) is 22.8 Å². The van der Waals surface area contributed by atoms with E-state index in [4.69, 9.17) is 9.72 Å². The minimum atomic E-state index is -1.27. The van der Waals surface area contributed by atoms with Crippen molar-refractivity contribution in [2.24, 2.45) is 0 Å². The largest absolute Gasteiger partial charge is 0.478 e. The number of thioether (sulfide) groups is 1. The number of carbonyl (C=O) groups is 1. The average Bonchev–Trinajstić information content (AvgIpc) is 2.86. The molecule has 0 saturated carbocycles. The number of para-hydroxylation sites is 2. The first-order chi connectivity index (χ1) is 17.2. The molecule has 0 radical (unpaired) electrons. The summed E-state index contributed by atoms with van der Waals surface area (Å²) in [4.78, 5) is 31.1. The summed E-state index contributed by atoms with van der Waals surface area (Å²) in [5.41, 5.74) is 3.00. The van der Waals surface area contributed by atoms with Crippen molar-refractivity contribution in [1.29, 1.82) is 0 Å². The first-order valence-corrected chi connectivity index (χ1v) is 16.5. The molecule has 0 atom stereocenters. The van der Waals surface area contributed by atoms with E-state index in [-0.39, 0.29) is 23.5 Å². The first-order valence-electron chi connectivity index (χ1n) is 11.9. The van der Waals surface area contributed by atoms with E-state index in [1.165, 1.54) is 11.8 Å². The molecule has 0 aliphatic rings. The quantitative estimate of drug-likeness (QED) is 0.149. The molecule has 6 nitrogen and oxygen atoms in total. The molecule has 1 heterocycles. The van der Waals surface area contributed by atoms with Crippen LogP contribution in [0.3, 0.4) is 0 Å². The van der Waals surface area contributed by atoms with E-state index in [0.717, 1.165) is 11.6 Å². The van der Waals surface area contributed by atoms with Crippen LogP contribution in [0.15, 0.2) is 82.5 Å². The predicted molar refractivity (Wildman–Crippen MR) is 149 cm³/mol. The number of benzene rings is 3. The highest BCUT2D eigenvalue weighted by Crippen LogP contribution is 2.35. The Morgan fingerprint density at radius 2 is 1.72 bits per heavy atom. The van der Waals surface area contributed by atoms with Gasteiger partial charge in [0.1, 0.15) is 12.4 Å². The number of aromatic carboxylic acids is 1. The molecule has 4 aromatic rings. The summed E-state index contributed by atoms with van der Waals surface area (Å²) >= 11 is 1.40. The van der Waals surface area contributed by atoms with E-state index in [0.29, 0.717) is 33.9 Å². The van der Waals surface area contributed by atoms with E-state index in [1.807, 2.05) is 54.6 Å². The van der Waals surface area contributed by atoms with Crippen molar-refractivity contribution >= 4 is 36.8 Å². The number of aromatic nitrogens is 2. The summed E-state index contributed by atoms with van der Waals surface area (Å²) in [5, 5.41) is 9.91. The van der Waals surface area contributed by atoms with Gasteiger partial charge in [0.2, 0.25) is 0 Å². The molecule has 3 aromatic carbocycles. The van der Waals surface area contributed by atoms with Crippen molar-refractivity contribution in [2.75, 3.05) is 6.61 Å². The van der Waals surface area contributed by atoms with Gasteiger partial charge in [-0.15, -0.1) is 11.8 Å². The number of hydrogen-bond acceptors (Lipinski definition) is 5. The molecule has 1 N–H and O–H groups in total. The van der Waals surface area contributed by atoms with Gasteiger partial charge < -0.3 is 9.84 Å². The molecule has 0 unspecified atom stereocenters. The Hall–Kier alpha value is -3.20. The third-order valence-electron chi connectivity index (χ3n) is 5.80. The van der Waals surface area contributed by atoms with E-state index >= 15 is 0 Å². The molecule has 0 fully saturated rings. The molecule has 186 valence electrons. The van der Waals surface area contributed by atoms with Gasteiger partial charge in [0.15, 0.2) is 0 Å². The molecule has 1 aromatic heterocycles. The highest BCUT2D eigenvalue weighted by molar-refractivity contribution is 7.98. The standard InChI is InChI=1S/C28H30N2O4SSi/c1-36(2,3)17-16-34-19-30-24-15-8-7-14-23(24)29-25(27(30)31)21-12-9-13-22(28(32)33)26(21)35-18-20-10-5-4-6-11-20/h4-15H,16-19H2,1-3H3,(H,32,33). The van der Waals surface area contributed by atoms with Gasteiger partial charge in [-0.2, -0.15) is 0 Å². The minimum Gasteiger partial charge on any atom is -0.478 e. The van der Waals surface area contributed by atoms with Crippen LogP contribution in [0.5, 0.6) is 0 Å². The predicted octanol–water partition coefficient (Wildman–Crippen LogP) is 6.37. The molecule has 0 aliphatic carbocycles. The fourth-order valence-electron chi connectivity index (χ4n) is 3.81. The Labute approximate surface area is 216 Å². The summed E-state index contributed by atoms with van der Waals surface area (Å²) in [6, 6.07) is 23.3. The van der Waals surface area contributed by atoms with Crippen LogP contribution >= 0.6 is 11.8 Å². The van der Waals surface area contributed by atoms with Gasteiger partial charge in [-0.3, -0.25) is 9.36 Å². The Balaban J connectivity index is 1.79. The molecular formula is C28H30N2O4SSi. The molecule has 36 heavy (non-hydrogen) atoms. The Kier molecular flexibility index (Phi) is 8.08. The second-order valence-corrected chi connectivity index (χ2v) is 16.4. The fraction of sp³-hybridized carbons (Fsp3) is 0.250. The van der Waals surface area contributed by atoms with Crippen molar-refractivity contribution in [3.05, 3.63) is 94.3 Å². The van der Waals surface area contributed by atoms with Crippen LogP contribution < -0.4 is 5.56 Å². The lowest BCUT2D eigenvalue weighted by Gasteiger charge is -2.18. The summed E-state index contributed by atoms with van der Waals surface area (Å²) in [6.07, 6.45) is 0. The molecule has 4 rings (SSSR count). The number of carboxylic acid groups (broad SMARTS) is 1. The molecule has 0 amide bonds. The van der Waals surface area contributed by atoms with Gasteiger partial charge >= 0.3 is 5.97 Å². The number of nitrogens with zero attached hydrogens (tertiary/aromatic N) is 2. The van der Waals surface area contributed by atoms with Crippen LogP contribution in [0.1, 0.15) is 15.9 Å². The average molecular weight is 519 g/mol. The van der Waals surface area contributed by atoms with Crippen LogP contribution in [0.4, 0.5) is 0 Å². The molecular weight excluding hydrogens is 488 g/mol. The van der Waals surface area contributed by atoms with Gasteiger partial charge in [0.05, 0.1) is 16.6 Å². The number of carboxylic acids is 1. The molecule has 8 heteroatoms. The summed E-state index contributed by atoms with van der Waals surface area (Å²) in [6.45, 7) is 7.55. The van der Waals surface area contributed by atoms with E-state index in [2.05, 4.69) is 19.6 Å². The van der Waals surface area contributed by atoms with Gasteiger partial charge in [0.25, 0.3) is 5.56 Å². The lowest BCUT2D eigenvalue weighted by Crippen LogP contribution is -2.27. The maximum absolute atomic E-state index is 13.8. The summed E-state index contributed by atoms with van der Waals surface area (Å²) in [5.74, 6) is -0.470. The lowest BCUT2D eigenvalue weighted by atomic mass is 10.1. The summed E-state index contributed by atoms with van der Waals surface area (Å²) in [7, 11) is -1.27. The van der Waals surface area contributed by atoms with Crippen LogP contribution in [0, 0.1) is 0 Å². The van der Waals surface area contributed by atoms with E-state index in [9.17, 15) is 14.7 Å². The Morgan fingerprint density at radius 3 is 2.44 bits per heavy atom. The zero-order valence-corrected chi connectivity index (χ0v) is 22.5. The maximum Gasteiger partial charge on any atom is 0.336 e. The number of rotatable bonds is 10. The topological polar surface area (TPSA) is 81.4 Å². The number of fused-ring (bicyclic) bond motifs is 1. The van der Waals surface area contributed by atoms with Gasteiger partial charge in [0, 0.05) is 30.9 Å². The van der Waals surface area contributed by atoms with Crippen LogP contribution in [-0.4, -0.2) is 35.3 Å². The van der Waals surface area contributed by atoms with Gasteiger partial charge in [-0.05, 0) is 29.8 Å². The lowest BCUT2D eigenvalue weighted by molar-refractivity contribution is 0.0693. The van der Waals surface area contributed by atoms with E-state index < -0.39 is 14.0 Å². The zero-order chi connectivity index (χ0) is 25.7. The normalized spacial score (nSPS) is 11.6.